The fourth-order valence-electron chi connectivity index (χ4n) is 2.18. The molecule has 3 rings (SSSR count). The molecule has 116 valence electrons. The Morgan fingerprint density at radius 1 is 1.39 bits per heavy atom. The number of aliphatic hydroxyl groups excluding tert-OH is 1. The van der Waals surface area contributed by atoms with Crippen molar-refractivity contribution >= 4 is 11.5 Å². The van der Waals surface area contributed by atoms with Gasteiger partial charge in [0.15, 0.2) is 5.82 Å². The van der Waals surface area contributed by atoms with Crippen molar-refractivity contribution in [2.24, 2.45) is 0 Å². The number of carbonyl (C=O) groups is 1. The molecule has 0 radical (unpaired) electrons. The van der Waals surface area contributed by atoms with E-state index in [9.17, 15) is 9.90 Å². The second-order valence-electron chi connectivity index (χ2n) is 4.94. The molecule has 0 fully saturated rings. The zero-order chi connectivity index (χ0) is 16.2. The van der Waals surface area contributed by atoms with E-state index in [1.807, 2.05) is 12.1 Å². The van der Waals surface area contributed by atoms with Crippen molar-refractivity contribution < 1.29 is 14.3 Å². The predicted molar refractivity (Wildman–Crippen MR) is 81.8 cm³/mol. The number of nitrogens with one attached hydrogen (secondary N) is 1. The first-order valence-corrected chi connectivity index (χ1v) is 6.92. The minimum atomic E-state index is -0.462. The summed E-state index contributed by atoms with van der Waals surface area (Å²) in [6, 6.07) is 5.50. The summed E-state index contributed by atoms with van der Waals surface area (Å²) in [4.78, 5) is 19.6. The number of aliphatic hydroxyl groups is 1. The predicted octanol–water partition coefficient (Wildman–Crippen LogP) is 2.47. The van der Waals surface area contributed by atoms with Crippen LogP contribution in [-0.4, -0.2) is 31.1 Å². The number of carbonyl (C=O) groups excluding carboxylic acids is 1. The van der Waals surface area contributed by atoms with E-state index in [4.69, 9.17) is 4.42 Å². The molecule has 0 saturated heterocycles. The molecule has 0 aliphatic carbocycles. The van der Waals surface area contributed by atoms with Crippen LogP contribution in [0.1, 0.15) is 33.3 Å². The molecule has 0 unspecified atom stereocenters. The molecule has 0 saturated carbocycles. The highest BCUT2D eigenvalue weighted by Crippen LogP contribution is 2.23. The van der Waals surface area contributed by atoms with Crippen LogP contribution in [0.25, 0.3) is 5.76 Å². The summed E-state index contributed by atoms with van der Waals surface area (Å²) in [5, 5.41) is 16.2. The van der Waals surface area contributed by atoms with E-state index in [0.717, 1.165) is 11.6 Å². The van der Waals surface area contributed by atoms with Gasteiger partial charge in [-0.3, -0.25) is 14.9 Å². The van der Waals surface area contributed by atoms with Gasteiger partial charge in [0, 0.05) is 24.9 Å². The minimum absolute atomic E-state index is 0.0645. The number of ketones is 1. The Morgan fingerprint density at radius 2 is 2.17 bits per heavy atom. The quantitative estimate of drug-likeness (QED) is 0.426. The average molecular weight is 310 g/mol. The topological polar surface area (TPSA) is 105 Å². The lowest BCUT2D eigenvalue weighted by Gasteiger charge is -1.96. The number of rotatable bonds is 5. The Labute approximate surface area is 131 Å². The average Bonchev–Trinajstić information content (AvgIpc) is 3.18. The highest BCUT2D eigenvalue weighted by atomic mass is 16.3. The Morgan fingerprint density at radius 3 is 2.87 bits per heavy atom. The van der Waals surface area contributed by atoms with Crippen molar-refractivity contribution in [3.05, 3.63) is 71.5 Å². The Hall–Kier alpha value is -3.22. The van der Waals surface area contributed by atoms with Crippen LogP contribution in [-0.2, 0) is 6.42 Å². The number of pyridine rings is 1. The van der Waals surface area contributed by atoms with Gasteiger partial charge in [0.2, 0.25) is 5.78 Å². The maximum absolute atomic E-state index is 11.9. The number of aryl methyl sites for hydroxylation is 1. The molecule has 2 N–H and O–H groups in total. The van der Waals surface area contributed by atoms with Crippen LogP contribution in [0.2, 0.25) is 0 Å². The van der Waals surface area contributed by atoms with E-state index in [-0.39, 0.29) is 11.6 Å². The largest absolute Gasteiger partial charge is 0.507 e. The van der Waals surface area contributed by atoms with Crippen molar-refractivity contribution in [2.45, 2.75) is 13.3 Å². The molecule has 23 heavy (non-hydrogen) atoms. The summed E-state index contributed by atoms with van der Waals surface area (Å²) in [6.45, 7) is 1.73. The first kappa shape index (κ1) is 14.7. The van der Waals surface area contributed by atoms with Crippen molar-refractivity contribution in [2.75, 3.05) is 0 Å². The molecule has 0 bridgehead atoms. The fourth-order valence-corrected chi connectivity index (χ4v) is 2.18. The number of hydrogen-bond acceptors (Lipinski definition) is 6. The third-order valence-corrected chi connectivity index (χ3v) is 3.29. The standard InChI is InChI=1S/C16H14N4O3/c1-10-13(14(21)8-15(22)16-18-9-19-20-16)7-12(23-10)6-11-2-4-17-5-3-11/h2-5,7-9,21H,6H2,1H3,(H,18,19,20). The lowest BCUT2D eigenvalue weighted by Crippen LogP contribution is -1.99. The molecule has 0 amide bonds. The van der Waals surface area contributed by atoms with Crippen molar-refractivity contribution in [3.8, 4) is 0 Å². The number of aromatic amines is 1. The number of aromatic nitrogens is 4. The highest BCUT2D eigenvalue weighted by Gasteiger charge is 2.14. The van der Waals surface area contributed by atoms with Crippen molar-refractivity contribution in [1.29, 1.82) is 0 Å². The third-order valence-electron chi connectivity index (χ3n) is 3.29. The second-order valence-corrected chi connectivity index (χ2v) is 4.94. The molecule has 3 aromatic heterocycles. The van der Waals surface area contributed by atoms with Crippen LogP contribution in [0, 0.1) is 6.92 Å². The molecule has 0 aliphatic heterocycles. The fraction of sp³-hybridized carbons (Fsp3) is 0.125. The van der Waals surface area contributed by atoms with Gasteiger partial charge in [0.25, 0.3) is 0 Å². The summed E-state index contributed by atoms with van der Waals surface area (Å²) in [7, 11) is 0. The van der Waals surface area contributed by atoms with Gasteiger partial charge in [-0.2, -0.15) is 5.10 Å². The van der Waals surface area contributed by atoms with Crippen molar-refractivity contribution in [3.63, 3.8) is 0 Å². The molecule has 0 aromatic carbocycles. The summed E-state index contributed by atoms with van der Waals surface area (Å²) in [5.41, 5.74) is 1.52. The number of hydrogen-bond donors (Lipinski definition) is 2. The minimum Gasteiger partial charge on any atom is -0.507 e. The van der Waals surface area contributed by atoms with E-state index >= 15 is 0 Å². The van der Waals surface area contributed by atoms with Gasteiger partial charge in [0.05, 0.1) is 5.56 Å². The normalized spacial score (nSPS) is 11.6. The number of furan rings is 1. The van der Waals surface area contributed by atoms with E-state index in [0.29, 0.717) is 23.5 Å². The van der Waals surface area contributed by atoms with Gasteiger partial charge in [-0.25, -0.2) is 4.98 Å². The van der Waals surface area contributed by atoms with E-state index in [1.54, 1.807) is 25.4 Å². The lowest BCUT2D eigenvalue weighted by atomic mass is 10.1. The smallest absolute Gasteiger partial charge is 0.226 e. The maximum Gasteiger partial charge on any atom is 0.226 e. The Balaban J connectivity index is 1.81. The van der Waals surface area contributed by atoms with Crippen LogP contribution >= 0.6 is 0 Å². The zero-order valence-electron chi connectivity index (χ0n) is 12.4. The lowest BCUT2D eigenvalue weighted by molar-refractivity contribution is 0.103. The molecule has 0 aliphatic rings. The molecular weight excluding hydrogens is 296 g/mol. The van der Waals surface area contributed by atoms with Gasteiger partial charge in [-0.15, -0.1) is 0 Å². The van der Waals surface area contributed by atoms with E-state index in [1.165, 1.54) is 6.33 Å². The Kier molecular flexibility index (Phi) is 4.01. The molecule has 3 heterocycles. The highest BCUT2D eigenvalue weighted by molar-refractivity contribution is 6.05. The van der Waals surface area contributed by atoms with Gasteiger partial charge < -0.3 is 9.52 Å². The van der Waals surface area contributed by atoms with Gasteiger partial charge in [0.1, 0.15) is 23.6 Å². The molecular formula is C16H14N4O3. The van der Waals surface area contributed by atoms with Crippen LogP contribution in [0.5, 0.6) is 0 Å². The van der Waals surface area contributed by atoms with E-state index in [2.05, 4.69) is 20.2 Å². The molecule has 7 nitrogen and oxygen atoms in total. The first-order valence-electron chi connectivity index (χ1n) is 6.92. The van der Waals surface area contributed by atoms with Crippen molar-refractivity contribution in [1.82, 2.24) is 20.2 Å². The summed E-state index contributed by atoms with van der Waals surface area (Å²) in [6.07, 6.45) is 6.31. The van der Waals surface area contributed by atoms with Crippen LogP contribution < -0.4 is 0 Å². The van der Waals surface area contributed by atoms with Gasteiger partial charge in [-0.05, 0) is 30.7 Å². The summed E-state index contributed by atoms with van der Waals surface area (Å²) >= 11 is 0. The summed E-state index contributed by atoms with van der Waals surface area (Å²) < 4.78 is 5.64. The monoisotopic (exact) mass is 310 g/mol. The summed E-state index contributed by atoms with van der Waals surface area (Å²) in [5.74, 6) is 0.656. The first-order chi connectivity index (χ1) is 11.1. The number of nitrogens with zero attached hydrogens (tertiary/aromatic N) is 3. The third kappa shape index (κ3) is 3.34. The van der Waals surface area contributed by atoms with Crippen LogP contribution in [0.15, 0.2) is 47.4 Å². The maximum atomic E-state index is 11.9. The van der Waals surface area contributed by atoms with Crippen LogP contribution in [0.3, 0.4) is 0 Å². The van der Waals surface area contributed by atoms with Gasteiger partial charge >= 0.3 is 0 Å². The zero-order valence-corrected chi connectivity index (χ0v) is 12.4. The molecule has 0 spiro atoms. The number of allylic oxidation sites excluding steroid dienone is 1. The Bertz CT molecular complexity index is 836. The van der Waals surface area contributed by atoms with E-state index < -0.39 is 5.78 Å². The number of H-pyrrole nitrogens is 1. The molecule has 0 atom stereocenters. The SMILES string of the molecule is Cc1oc(Cc2ccncc2)cc1C(O)=CC(=O)c1ncn[nH]1. The molecule has 3 aromatic rings. The second kappa shape index (κ2) is 6.27. The van der Waals surface area contributed by atoms with Gasteiger partial charge in [-0.1, -0.05) is 0 Å². The molecule has 7 heteroatoms. The van der Waals surface area contributed by atoms with Crippen LogP contribution in [0.4, 0.5) is 0 Å².